The van der Waals surface area contributed by atoms with Crippen molar-refractivity contribution >= 4 is 34.4 Å². The maximum Gasteiger partial charge on any atom is 0.209 e. The van der Waals surface area contributed by atoms with Crippen molar-refractivity contribution in [1.82, 2.24) is 9.55 Å². The van der Waals surface area contributed by atoms with Crippen LogP contribution in [0.25, 0.3) is 11.0 Å². The summed E-state index contributed by atoms with van der Waals surface area (Å²) < 4.78 is 13.0. The first kappa shape index (κ1) is 21.7. The number of hydrogen-bond acceptors (Lipinski definition) is 5. The molecule has 1 aliphatic carbocycles. The summed E-state index contributed by atoms with van der Waals surface area (Å²) in [5, 5.41) is 4.13. The van der Waals surface area contributed by atoms with Crippen molar-refractivity contribution in [2.24, 2.45) is 0 Å². The first-order valence-corrected chi connectivity index (χ1v) is 11.9. The molecule has 0 saturated heterocycles. The highest BCUT2D eigenvalue weighted by molar-refractivity contribution is 6.31. The number of rotatable bonds is 4. The van der Waals surface area contributed by atoms with Gasteiger partial charge in [-0.2, -0.15) is 0 Å². The van der Waals surface area contributed by atoms with Gasteiger partial charge in [-0.05, 0) is 53.8 Å². The van der Waals surface area contributed by atoms with Crippen molar-refractivity contribution in [3.8, 4) is 11.5 Å². The predicted molar refractivity (Wildman–Crippen MR) is 137 cm³/mol. The first-order chi connectivity index (χ1) is 17.1. The van der Waals surface area contributed by atoms with Crippen LogP contribution in [0.2, 0.25) is 5.02 Å². The molecule has 0 radical (unpaired) electrons. The average molecular weight is 486 g/mol. The Morgan fingerprint density at radius 2 is 1.74 bits per heavy atom. The van der Waals surface area contributed by atoms with Crippen LogP contribution in [-0.4, -0.2) is 29.6 Å². The Labute approximate surface area is 208 Å². The van der Waals surface area contributed by atoms with Crippen molar-refractivity contribution in [3.63, 3.8) is 0 Å². The fraction of sp³-hybridized carbons (Fsp3) is 0.214. The minimum Gasteiger partial charge on any atom is -0.493 e. The molecule has 0 spiro atoms. The van der Waals surface area contributed by atoms with Crippen molar-refractivity contribution in [2.45, 2.75) is 24.8 Å². The molecular weight excluding hydrogens is 462 g/mol. The number of benzene rings is 3. The molecular formula is C28H24ClN3O3. The number of aromatic nitrogens is 2. The van der Waals surface area contributed by atoms with Crippen LogP contribution in [0.3, 0.4) is 0 Å². The van der Waals surface area contributed by atoms with Gasteiger partial charge in [-0.1, -0.05) is 48.0 Å². The molecule has 2 aliphatic rings. The van der Waals surface area contributed by atoms with Crippen LogP contribution in [0.1, 0.15) is 35.9 Å². The molecule has 35 heavy (non-hydrogen) atoms. The third-order valence-corrected chi connectivity index (χ3v) is 7.32. The lowest BCUT2D eigenvalue weighted by atomic mass is 9.77. The second-order valence-corrected chi connectivity index (χ2v) is 9.29. The topological polar surface area (TPSA) is 65.4 Å². The van der Waals surface area contributed by atoms with Crippen LogP contribution in [0.4, 0.5) is 5.95 Å². The summed E-state index contributed by atoms with van der Waals surface area (Å²) in [5.41, 5.74) is 5.42. The minimum atomic E-state index is -0.346. The number of anilines is 1. The van der Waals surface area contributed by atoms with Gasteiger partial charge < -0.3 is 14.8 Å². The number of fused-ring (bicyclic) bond motifs is 3. The molecule has 6 rings (SSSR count). The van der Waals surface area contributed by atoms with Crippen molar-refractivity contribution in [3.05, 3.63) is 94.1 Å². The number of para-hydroxylation sites is 2. The molecule has 1 N–H and O–H groups in total. The number of imidazole rings is 1. The fourth-order valence-electron chi connectivity index (χ4n) is 5.36. The molecule has 176 valence electrons. The Kier molecular flexibility index (Phi) is 5.26. The van der Waals surface area contributed by atoms with E-state index in [4.69, 9.17) is 26.1 Å². The molecule has 0 bridgehead atoms. The van der Waals surface area contributed by atoms with E-state index >= 15 is 0 Å². The lowest BCUT2D eigenvalue weighted by Gasteiger charge is -2.36. The van der Waals surface area contributed by atoms with Gasteiger partial charge in [-0.25, -0.2) is 4.98 Å². The number of ether oxygens (including phenoxy) is 2. The van der Waals surface area contributed by atoms with Gasteiger partial charge in [0.05, 0.1) is 31.3 Å². The Balaban J connectivity index is 1.49. The van der Waals surface area contributed by atoms with Gasteiger partial charge in [0.2, 0.25) is 5.95 Å². The van der Waals surface area contributed by atoms with Crippen LogP contribution in [0.5, 0.6) is 11.5 Å². The highest BCUT2D eigenvalue weighted by Gasteiger charge is 2.40. The maximum atomic E-state index is 13.8. The number of nitrogens with zero attached hydrogens (tertiary/aromatic N) is 2. The Morgan fingerprint density at radius 3 is 2.54 bits per heavy atom. The zero-order chi connectivity index (χ0) is 24.1. The molecule has 2 atom stereocenters. The van der Waals surface area contributed by atoms with Crippen LogP contribution >= 0.6 is 11.6 Å². The zero-order valence-corrected chi connectivity index (χ0v) is 20.2. The summed E-state index contributed by atoms with van der Waals surface area (Å²) in [6.45, 7) is 0. The second-order valence-electron chi connectivity index (χ2n) is 8.88. The third-order valence-electron chi connectivity index (χ3n) is 6.98. The number of hydrogen-bond donors (Lipinski definition) is 1. The third kappa shape index (κ3) is 3.48. The molecule has 1 aromatic heterocycles. The molecule has 0 fully saturated rings. The molecule has 3 aromatic carbocycles. The summed E-state index contributed by atoms with van der Waals surface area (Å²) in [4.78, 5) is 18.7. The second kappa shape index (κ2) is 8.47. The van der Waals surface area contributed by atoms with Crippen molar-refractivity contribution in [2.75, 3.05) is 19.5 Å². The van der Waals surface area contributed by atoms with Gasteiger partial charge >= 0.3 is 0 Å². The van der Waals surface area contributed by atoms with Gasteiger partial charge in [0.15, 0.2) is 17.3 Å². The van der Waals surface area contributed by atoms with E-state index in [0.29, 0.717) is 29.4 Å². The van der Waals surface area contributed by atoms with Gasteiger partial charge in [0.25, 0.3) is 0 Å². The summed E-state index contributed by atoms with van der Waals surface area (Å²) >= 11 is 6.69. The Bertz CT molecular complexity index is 1510. The molecule has 6 nitrogen and oxygen atoms in total. The number of ketones is 1. The normalized spacial score (nSPS) is 19.2. The number of halogens is 1. The van der Waals surface area contributed by atoms with E-state index in [2.05, 4.69) is 9.88 Å². The van der Waals surface area contributed by atoms with Crippen molar-refractivity contribution < 1.29 is 14.3 Å². The van der Waals surface area contributed by atoms with Gasteiger partial charge in [-0.15, -0.1) is 0 Å². The van der Waals surface area contributed by atoms with Crippen LogP contribution in [0, 0.1) is 0 Å². The lowest BCUT2D eigenvalue weighted by molar-refractivity contribution is -0.116. The summed E-state index contributed by atoms with van der Waals surface area (Å²) in [5.74, 6) is 2.16. The fourth-order valence-corrected chi connectivity index (χ4v) is 5.60. The number of Topliss-reactive ketones (excluding diaryl/α,β-unsaturated/α-hetero) is 1. The Hall–Kier alpha value is -3.77. The summed E-state index contributed by atoms with van der Waals surface area (Å²) in [6.07, 6.45) is 1.08. The highest BCUT2D eigenvalue weighted by Crippen LogP contribution is 2.47. The number of allylic oxidation sites excluding steroid dienone is 2. The van der Waals surface area contributed by atoms with E-state index < -0.39 is 0 Å². The van der Waals surface area contributed by atoms with Crippen LogP contribution < -0.4 is 14.8 Å². The molecule has 4 aromatic rings. The highest BCUT2D eigenvalue weighted by atomic mass is 35.5. The lowest BCUT2D eigenvalue weighted by Crippen LogP contribution is -2.33. The Morgan fingerprint density at radius 1 is 0.971 bits per heavy atom. The molecule has 0 amide bonds. The zero-order valence-electron chi connectivity index (χ0n) is 19.4. The van der Waals surface area contributed by atoms with Gasteiger partial charge in [-0.3, -0.25) is 9.36 Å². The van der Waals surface area contributed by atoms with E-state index in [0.717, 1.165) is 39.4 Å². The largest absolute Gasteiger partial charge is 0.493 e. The number of methoxy groups -OCH3 is 2. The molecule has 1 aliphatic heterocycles. The molecule has 2 heterocycles. The molecule has 0 unspecified atom stereocenters. The first-order valence-electron chi connectivity index (χ1n) is 11.6. The van der Waals surface area contributed by atoms with Crippen LogP contribution in [-0.2, 0) is 4.79 Å². The smallest absolute Gasteiger partial charge is 0.209 e. The van der Waals surface area contributed by atoms with Crippen molar-refractivity contribution in [1.29, 1.82) is 0 Å². The molecule has 0 saturated carbocycles. The number of carbonyl (C=O) groups is 1. The van der Waals surface area contributed by atoms with Gasteiger partial charge in [0.1, 0.15) is 0 Å². The van der Waals surface area contributed by atoms with E-state index in [1.807, 2.05) is 66.7 Å². The monoisotopic (exact) mass is 485 g/mol. The number of nitrogens with one attached hydrogen (secondary N) is 1. The average Bonchev–Trinajstić information content (AvgIpc) is 3.25. The maximum absolute atomic E-state index is 13.8. The summed E-state index contributed by atoms with van der Waals surface area (Å²) in [6, 6.07) is 21.2. The van der Waals surface area contributed by atoms with E-state index in [1.165, 1.54) is 0 Å². The molecule has 7 heteroatoms. The predicted octanol–water partition coefficient (Wildman–Crippen LogP) is 6.12. The standard InChI is InChI=1S/C28H24ClN3O3/c1-34-24-12-11-16(15-25(24)35-2)17-13-21-26(23(33)14-17)27(18-7-3-4-8-19(18)29)32-22-10-6-5-9-20(22)30-28(32)31-21/h3-12,15,17,27H,13-14H2,1-2H3,(H,30,31)/t17-,27+/m0/s1. The SMILES string of the molecule is COc1ccc([C@@H]2CC(=O)C3=C(C2)Nc2nc4ccccc4n2[C@@H]3c2ccccc2Cl)cc1OC. The quantitative estimate of drug-likeness (QED) is 0.377. The van der Waals surface area contributed by atoms with Crippen LogP contribution in [0.15, 0.2) is 78.0 Å². The van der Waals surface area contributed by atoms with Gasteiger partial charge in [0, 0.05) is 22.7 Å². The van der Waals surface area contributed by atoms with E-state index in [1.54, 1.807) is 14.2 Å². The number of carbonyl (C=O) groups excluding carboxylic acids is 1. The summed E-state index contributed by atoms with van der Waals surface area (Å²) in [7, 11) is 3.24. The van der Waals surface area contributed by atoms with E-state index in [9.17, 15) is 4.79 Å². The minimum absolute atomic E-state index is 0.0105. The van der Waals surface area contributed by atoms with E-state index in [-0.39, 0.29) is 17.7 Å².